The zero-order valence-corrected chi connectivity index (χ0v) is 19.7. The Morgan fingerprint density at radius 1 is 1.06 bits per heavy atom. The Hall–Kier alpha value is -2.65. The predicted octanol–water partition coefficient (Wildman–Crippen LogP) is 2.12. The maximum Gasteiger partial charge on any atom is 0.328 e. The molecule has 9 heteroatoms. The fourth-order valence-electron chi connectivity index (χ4n) is 5.02. The molecule has 174 valence electrons. The smallest absolute Gasteiger partial charge is 0.328 e. The zero-order chi connectivity index (χ0) is 23.4. The Morgan fingerprint density at radius 2 is 1.79 bits per heavy atom. The third-order valence-electron chi connectivity index (χ3n) is 6.96. The first kappa shape index (κ1) is 22.2. The Kier molecular flexibility index (Phi) is 5.56. The van der Waals surface area contributed by atoms with Crippen molar-refractivity contribution in [2.45, 2.75) is 45.0 Å². The van der Waals surface area contributed by atoms with Gasteiger partial charge in [-0.2, -0.15) is 0 Å². The normalized spacial score (nSPS) is 27.7. The molecule has 0 spiro atoms. The van der Waals surface area contributed by atoms with Crippen LogP contribution in [0, 0.1) is 13.8 Å². The molecule has 2 aromatic carbocycles. The average molecular weight is 470 g/mol. The van der Waals surface area contributed by atoms with E-state index in [1.54, 1.807) is 24.1 Å². The van der Waals surface area contributed by atoms with Crippen LogP contribution in [-0.2, 0) is 11.3 Å². The van der Waals surface area contributed by atoms with Crippen molar-refractivity contribution in [2.24, 2.45) is 0 Å². The number of aryl methyl sites for hydroxylation is 2. The van der Waals surface area contributed by atoms with Crippen LogP contribution in [0.25, 0.3) is 0 Å². The summed E-state index contributed by atoms with van der Waals surface area (Å²) in [6.45, 7) is 5.08. The standard InChI is InChI=1S/C24H28ClN5O3/c1-14-4-9-18(10-15(14)2)28-12-19(31)13-29-20-21(26-23(28)29)27(3)24(33)30(22(20)32)11-16-5-7-17(25)8-6-16/h4-10,19-21,23,26,31H,11-13H2,1-3H3. The molecule has 0 saturated carbocycles. The molecule has 0 aliphatic carbocycles. The summed E-state index contributed by atoms with van der Waals surface area (Å²) >= 11 is 5.98. The highest BCUT2D eigenvalue weighted by Gasteiger charge is 2.57. The quantitative estimate of drug-likeness (QED) is 0.717. The lowest BCUT2D eigenvalue weighted by molar-refractivity contribution is -0.139. The van der Waals surface area contributed by atoms with Gasteiger partial charge in [-0.15, -0.1) is 0 Å². The van der Waals surface area contributed by atoms with Crippen molar-refractivity contribution in [3.8, 4) is 0 Å². The average Bonchev–Trinajstić information content (AvgIpc) is 3.17. The second-order valence-electron chi connectivity index (χ2n) is 9.15. The number of aliphatic hydroxyl groups excluding tert-OH is 1. The third kappa shape index (κ3) is 3.77. The van der Waals surface area contributed by atoms with Gasteiger partial charge in [-0.05, 0) is 54.8 Å². The number of carbonyl (C=O) groups is 2. The fourth-order valence-corrected chi connectivity index (χ4v) is 5.14. The van der Waals surface area contributed by atoms with E-state index in [0.717, 1.165) is 16.8 Å². The molecule has 4 atom stereocenters. The lowest BCUT2D eigenvalue weighted by atomic mass is 10.1. The molecule has 5 rings (SSSR count). The van der Waals surface area contributed by atoms with Crippen LogP contribution in [0.3, 0.4) is 0 Å². The van der Waals surface area contributed by atoms with E-state index in [4.69, 9.17) is 11.6 Å². The largest absolute Gasteiger partial charge is 0.390 e. The number of hydrogen-bond donors (Lipinski definition) is 2. The molecule has 2 aromatic rings. The van der Waals surface area contributed by atoms with Crippen molar-refractivity contribution in [3.05, 3.63) is 64.2 Å². The molecular weight excluding hydrogens is 442 g/mol. The summed E-state index contributed by atoms with van der Waals surface area (Å²) in [5.74, 6) is -0.262. The van der Waals surface area contributed by atoms with Gasteiger partial charge in [0, 0.05) is 30.8 Å². The number of fused-ring (bicyclic) bond motifs is 3. The van der Waals surface area contributed by atoms with Gasteiger partial charge < -0.3 is 14.9 Å². The highest BCUT2D eigenvalue weighted by atomic mass is 35.5. The van der Waals surface area contributed by atoms with E-state index in [9.17, 15) is 14.7 Å². The molecular formula is C24H28ClN5O3. The van der Waals surface area contributed by atoms with Crippen LogP contribution in [0.1, 0.15) is 16.7 Å². The van der Waals surface area contributed by atoms with Crippen LogP contribution < -0.4 is 10.2 Å². The van der Waals surface area contributed by atoms with E-state index in [1.165, 1.54) is 10.5 Å². The number of hydrogen-bond acceptors (Lipinski definition) is 6. The van der Waals surface area contributed by atoms with Crippen molar-refractivity contribution >= 4 is 29.2 Å². The molecule has 3 aliphatic heterocycles. The number of benzene rings is 2. The second kappa shape index (κ2) is 8.29. The number of nitrogens with zero attached hydrogens (tertiary/aromatic N) is 4. The first-order valence-corrected chi connectivity index (χ1v) is 11.5. The highest BCUT2D eigenvalue weighted by molar-refractivity contribution is 6.30. The van der Waals surface area contributed by atoms with Gasteiger partial charge in [-0.25, -0.2) is 4.79 Å². The summed E-state index contributed by atoms with van der Waals surface area (Å²) in [5.41, 5.74) is 4.15. The summed E-state index contributed by atoms with van der Waals surface area (Å²) in [4.78, 5) is 33.7. The van der Waals surface area contributed by atoms with Crippen molar-refractivity contribution < 1.29 is 14.7 Å². The summed E-state index contributed by atoms with van der Waals surface area (Å²) in [7, 11) is 1.71. The van der Waals surface area contributed by atoms with Crippen LogP contribution in [0.2, 0.25) is 5.02 Å². The van der Waals surface area contributed by atoms with Crippen LogP contribution in [0.15, 0.2) is 42.5 Å². The molecule has 8 nitrogen and oxygen atoms in total. The lowest BCUT2D eigenvalue weighted by Crippen LogP contribution is -2.66. The van der Waals surface area contributed by atoms with Crippen molar-refractivity contribution in [2.75, 3.05) is 25.0 Å². The SMILES string of the molecule is Cc1ccc(N2CC(O)CN3C4C(=O)N(Cc5ccc(Cl)cc5)C(=O)N(C)C4NC23)cc1C. The number of urea groups is 1. The van der Waals surface area contributed by atoms with Crippen molar-refractivity contribution in [1.29, 1.82) is 0 Å². The molecule has 3 heterocycles. The Labute approximate surface area is 198 Å². The molecule has 3 aliphatic rings. The van der Waals surface area contributed by atoms with E-state index < -0.39 is 18.3 Å². The first-order valence-electron chi connectivity index (χ1n) is 11.1. The van der Waals surface area contributed by atoms with E-state index >= 15 is 0 Å². The van der Waals surface area contributed by atoms with Crippen LogP contribution in [-0.4, -0.2) is 76.5 Å². The van der Waals surface area contributed by atoms with Crippen LogP contribution in [0.4, 0.5) is 10.5 Å². The van der Waals surface area contributed by atoms with Gasteiger partial charge in [0.15, 0.2) is 0 Å². The molecule has 33 heavy (non-hydrogen) atoms. The van der Waals surface area contributed by atoms with Gasteiger partial charge in [0.1, 0.15) is 18.5 Å². The summed E-state index contributed by atoms with van der Waals surface area (Å²) in [6, 6.07) is 12.4. The molecule has 3 amide bonds. The Balaban J connectivity index is 1.46. The number of anilines is 1. The zero-order valence-electron chi connectivity index (χ0n) is 18.9. The van der Waals surface area contributed by atoms with Crippen molar-refractivity contribution in [1.82, 2.24) is 20.0 Å². The minimum absolute atomic E-state index is 0.171. The number of imide groups is 1. The molecule has 0 bridgehead atoms. The molecule has 0 radical (unpaired) electrons. The minimum Gasteiger partial charge on any atom is -0.390 e. The molecule has 3 fully saturated rings. The number of rotatable bonds is 3. The maximum absolute atomic E-state index is 13.6. The molecule has 4 unspecified atom stereocenters. The van der Waals surface area contributed by atoms with Gasteiger partial charge in [0.05, 0.1) is 12.6 Å². The van der Waals surface area contributed by atoms with E-state index in [1.807, 2.05) is 23.1 Å². The number of amides is 3. The summed E-state index contributed by atoms with van der Waals surface area (Å²) in [6.07, 6.45) is -1.40. The number of halogens is 1. The van der Waals surface area contributed by atoms with Crippen LogP contribution in [0.5, 0.6) is 0 Å². The summed E-state index contributed by atoms with van der Waals surface area (Å²) in [5, 5.41) is 14.8. The fraction of sp³-hybridized carbons (Fsp3) is 0.417. The Bertz CT molecular complexity index is 1090. The van der Waals surface area contributed by atoms with E-state index in [2.05, 4.69) is 36.2 Å². The Morgan fingerprint density at radius 3 is 2.48 bits per heavy atom. The number of aliphatic hydroxyl groups is 1. The minimum atomic E-state index is -0.621. The number of β-amino-alcohol motifs (C(OH)–C–C–N with tert-alkyl or cyclic N) is 1. The molecule has 0 aromatic heterocycles. The van der Waals surface area contributed by atoms with Crippen LogP contribution >= 0.6 is 11.6 Å². The highest BCUT2D eigenvalue weighted by Crippen LogP contribution is 2.34. The van der Waals surface area contributed by atoms with Gasteiger partial charge in [0.25, 0.3) is 5.91 Å². The predicted molar refractivity (Wildman–Crippen MR) is 126 cm³/mol. The maximum atomic E-state index is 13.6. The topological polar surface area (TPSA) is 79.4 Å². The number of likely N-dealkylation sites (N-methyl/N-ethyl adjacent to an activating group) is 1. The molecule has 2 N–H and O–H groups in total. The first-order chi connectivity index (χ1) is 15.7. The third-order valence-corrected chi connectivity index (χ3v) is 7.21. The van der Waals surface area contributed by atoms with Gasteiger partial charge in [-0.1, -0.05) is 29.8 Å². The number of nitrogens with one attached hydrogen (secondary N) is 1. The summed E-state index contributed by atoms with van der Waals surface area (Å²) < 4.78 is 0. The van der Waals surface area contributed by atoms with Gasteiger partial charge >= 0.3 is 6.03 Å². The van der Waals surface area contributed by atoms with E-state index in [-0.39, 0.29) is 24.8 Å². The monoisotopic (exact) mass is 469 g/mol. The molecule has 3 saturated heterocycles. The number of carbonyl (C=O) groups excluding carboxylic acids is 2. The van der Waals surface area contributed by atoms with Crippen molar-refractivity contribution in [3.63, 3.8) is 0 Å². The lowest BCUT2D eigenvalue weighted by Gasteiger charge is -2.45. The van der Waals surface area contributed by atoms with Gasteiger partial charge in [0.2, 0.25) is 0 Å². The van der Waals surface area contributed by atoms with Gasteiger partial charge in [-0.3, -0.25) is 19.9 Å². The second-order valence-corrected chi connectivity index (χ2v) is 9.58. The van der Waals surface area contributed by atoms with E-state index in [0.29, 0.717) is 18.1 Å².